The smallest absolute Gasteiger partial charge is 0.254 e. The minimum atomic E-state index is -0.406. The Hall–Kier alpha value is -2.99. The van der Waals surface area contributed by atoms with Crippen molar-refractivity contribution in [2.75, 3.05) is 0 Å². The van der Waals surface area contributed by atoms with Gasteiger partial charge in [-0.3, -0.25) is 14.5 Å². The van der Waals surface area contributed by atoms with E-state index in [1.54, 1.807) is 4.68 Å². The Bertz CT molecular complexity index is 1120. The van der Waals surface area contributed by atoms with Crippen molar-refractivity contribution in [3.05, 3.63) is 70.5 Å². The van der Waals surface area contributed by atoms with Crippen molar-refractivity contribution in [3.8, 4) is 11.4 Å². The third kappa shape index (κ3) is 3.76. The first-order valence-electron chi connectivity index (χ1n) is 11.1. The minimum Gasteiger partial charge on any atom is -0.391 e. The van der Waals surface area contributed by atoms with Crippen LogP contribution in [-0.2, 0) is 20.0 Å². The average Bonchev–Trinajstić information content (AvgIpc) is 3.33. The summed E-state index contributed by atoms with van der Waals surface area (Å²) in [6, 6.07) is 10.2. The van der Waals surface area contributed by atoms with Crippen molar-refractivity contribution in [2.24, 2.45) is 7.05 Å². The lowest BCUT2D eigenvalue weighted by atomic mass is 9.91. The van der Waals surface area contributed by atoms with Crippen LogP contribution in [0.2, 0.25) is 0 Å². The van der Waals surface area contributed by atoms with Crippen LogP contribution >= 0.6 is 0 Å². The Morgan fingerprint density at radius 3 is 2.68 bits per heavy atom. The van der Waals surface area contributed by atoms with Crippen LogP contribution < -0.4 is 0 Å². The summed E-state index contributed by atoms with van der Waals surface area (Å²) in [7, 11) is 1.89. The SMILES string of the molecule is Cc1cc2c(cc1Cc1ccc(-c3ccn(C)n3)nc1)C(=O)N([C@H]1CCCC[C@@H]1O)C2. The molecule has 1 N–H and O–H groups in total. The highest BCUT2D eigenvalue weighted by Gasteiger charge is 2.37. The molecule has 0 radical (unpaired) electrons. The van der Waals surface area contributed by atoms with Crippen LogP contribution in [0, 0.1) is 6.92 Å². The van der Waals surface area contributed by atoms with Crippen molar-refractivity contribution < 1.29 is 9.90 Å². The van der Waals surface area contributed by atoms with Gasteiger partial charge >= 0.3 is 0 Å². The molecule has 0 saturated heterocycles. The second-order valence-electron chi connectivity index (χ2n) is 8.89. The van der Waals surface area contributed by atoms with Gasteiger partial charge in [0.1, 0.15) is 5.69 Å². The van der Waals surface area contributed by atoms with E-state index in [4.69, 9.17) is 0 Å². The monoisotopic (exact) mass is 416 g/mol. The number of aliphatic hydroxyl groups is 1. The Balaban J connectivity index is 1.36. The number of benzene rings is 1. The summed E-state index contributed by atoms with van der Waals surface area (Å²) in [6.07, 6.45) is 7.92. The molecular formula is C25H28N4O2. The Kier molecular flexibility index (Phi) is 5.10. The van der Waals surface area contributed by atoms with Gasteiger partial charge in [-0.2, -0.15) is 5.10 Å². The van der Waals surface area contributed by atoms with Crippen LogP contribution in [0.1, 0.15) is 58.3 Å². The molecule has 2 atom stereocenters. The minimum absolute atomic E-state index is 0.0549. The lowest BCUT2D eigenvalue weighted by Crippen LogP contribution is -2.45. The van der Waals surface area contributed by atoms with E-state index in [9.17, 15) is 9.90 Å². The fraction of sp³-hybridized carbons (Fsp3) is 0.400. The van der Waals surface area contributed by atoms with Crippen LogP contribution in [0.15, 0.2) is 42.7 Å². The van der Waals surface area contributed by atoms with E-state index in [1.807, 2.05) is 36.5 Å². The number of hydrogen-bond donors (Lipinski definition) is 1. The van der Waals surface area contributed by atoms with Gasteiger partial charge in [0.25, 0.3) is 5.91 Å². The number of pyridine rings is 1. The summed E-state index contributed by atoms with van der Waals surface area (Å²) < 4.78 is 1.77. The summed E-state index contributed by atoms with van der Waals surface area (Å²) in [6.45, 7) is 2.71. The number of amides is 1. The fourth-order valence-corrected chi connectivity index (χ4v) is 4.92. The predicted octanol–water partition coefficient (Wildman–Crippen LogP) is 3.64. The second-order valence-corrected chi connectivity index (χ2v) is 8.89. The molecule has 0 bridgehead atoms. The first-order valence-corrected chi connectivity index (χ1v) is 11.1. The van der Waals surface area contributed by atoms with E-state index < -0.39 is 6.10 Å². The number of hydrogen-bond acceptors (Lipinski definition) is 4. The Morgan fingerprint density at radius 2 is 1.97 bits per heavy atom. The van der Waals surface area contributed by atoms with Gasteiger partial charge in [-0.05, 0) is 66.6 Å². The molecule has 3 heterocycles. The number of nitrogens with zero attached hydrogens (tertiary/aromatic N) is 4. The normalized spacial score (nSPS) is 20.9. The van der Waals surface area contributed by atoms with Gasteiger partial charge in [-0.1, -0.05) is 25.0 Å². The van der Waals surface area contributed by atoms with Crippen molar-refractivity contribution in [1.82, 2.24) is 19.7 Å². The number of carbonyl (C=O) groups excluding carboxylic acids is 1. The third-order valence-corrected chi connectivity index (χ3v) is 6.68. The van der Waals surface area contributed by atoms with Crippen LogP contribution in [0.25, 0.3) is 11.4 Å². The van der Waals surface area contributed by atoms with Gasteiger partial charge in [0, 0.05) is 31.5 Å². The summed E-state index contributed by atoms with van der Waals surface area (Å²) in [5, 5.41) is 14.8. The van der Waals surface area contributed by atoms with Crippen LogP contribution in [0.3, 0.4) is 0 Å². The lowest BCUT2D eigenvalue weighted by molar-refractivity contribution is 0.0191. The highest BCUT2D eigenvalue weighted by molar-refractivity contribution is 5.99. The molecule has 6 nitrogen and oxygen atoms in total. The number of rotatable bonds is 4. The number of aryl methyl sites for hydroxylation is 2. The molecule has 1 saturated carbocycles. The zero-order valence-electron chi connectivity index (χ0n) is 18.1. The predicted molar refractivity (Wildman–Crippen MR) is 119 cm³/mol. The molecule has 5 rings (SSSR count). The molecule has 0 unspecified atom stereocenters. The zero-order chi connectivity index (χ0) is 21.5. The zero-order valence-corrected chi connectivity index (χ0v) is 18.1. The number of aliphatic hydroxyl groups excluding tert-OH is 1. The van der Waals surface area contributed by atoms with E-state index in [0.717, 1.165) is 65.7 Å². The fourth-order valence-electron chi connectivity index (χ4n) is 4.92. The maximum absolute atomic E-state index is 13.2. The molecule has 1 fully saturated rings. The third-order valence-electron chi connectivity index (χ3n) is 6.68. The molecular weight excluding hydrogens is 388 g/mol. The number of aromatic nitrogens is 3. The molecule has 1 aromatic carbocycles. The molecule has 1 aliphatic heterocycles. The highest BCUT2D eigenvalue weighted by Crippen LogP contribution is 2.33. The summed E-state index contributed by atoms with van der Waals surface area (Å²) in [4.78, 5) is 19.6. The molecule has 1 amide bonds. The number of carbonyl (C=O) groups is 1. The van der Waals surface area contributed by atoms with Crippen molar-refractivity contribution in [1.29, 1.82) is 0 Å². The number of fused-ring (bicyclic) bond motifs is 1. The quantitative estimate of drug-likeness (QED) is 0.705. The van der Waals surface area contributed by atoms with E-state index in [0.29, 0.717) is 6.54 Å². The van der Waals surface area contributed by atoms with Gasteiger partial charge in [0.15, 0.2) is 0 Å². The molecule has 2 aromatic heterocycles. The summed E-state index contributed by atoms with van der Waals surface area (Å²) in [5.41, 5.74) is 7.01. The van der Waals surface area contributed by atoms with Crippen LogP contribution in [0.4, 0.5) is 0 Å². The Labute approximate surface area is 182 Å². The van der Waals surface area contributed by atoms with E-state index >= 15 is 0 Å². The van der Waals surface area contributed by atoms with Crippen LogP contribution in [-0.4, -0.2) is 42.8 Å². The molecule has 31 heavy (non-hydrogen) atoms. The summed E-state index contributed by atoms with van der Waals surface area (Å²) in [5.74, 6) is 0.0609. The largest absolute Gasteiger partial charge is 0.391 e. The van der Waals surface area contributed by atoms with Crippen molar-refractivity contribution >= 4 is 5.91 Å². The first-order chi connectivity index (χ1) is 15.0. The molecule has 3 aromatic rings. The maximum atomic E-state index is 13.2. The topological polar surface area (TPSA) is 71.2 Å². The van der Waals surface area contributed by atoms with Gasteiger partial charge in [0.2, 0.25) is 0 Å². The molecule has 160 valence electrons. The van der Waals surface area contributed by atoms with Crippen molar-refractivity contribution in [2.45, 2.75) is 57.7 Å². The van der Waals surface area contributed by atoms with Gasteiger partial charge < -0.3 is 10.0 Å². The average molecular weight is 417 g/mol. The molecule has 6 heteroatoms. The first kappa shape index (κ1) is 19.9. The van der Waals surface area contributed by atoms with Crippen molar-refractivity contribution in [3.63, 3.8) is 0 Å². The highest BCUT2D eigenvalue weighted by atomic mass is 16.3. The maximum Gasteiger partial charge on any atom is 0.254 e. The second kappa shape index (κ2) is 7.93. The Morgan fingerprint density at radius 1 is 1.13 bits per heavy atom. The van der Waals surface area contributed by atoms with Gasteiger partial charge in [0.05, 0.1) is 17.8 Å². The lowest BCUT2D eigenvalue weighted by Gasteiger charge is -2.35. The van der Waals surface area contributed by atoms with Gasteiger partial charge in [-0.15, -0.1) is 0 Å². The molecule has 2 aliphatic rings. The summed E-state index contributed by atoms with van der Waals surface area (Å²) >= 11 is 0. The standard InChI is InChI=1S/C25H28N4O2/c1-16-11-19-15-29(23-5-3-4-6-24(23)30)25(31)20(19)13-18(16)12-17-7-8-21(26-14-17)22-9-10-28(2)27-22/h7-11,13-14,23-24,30H,3-6,12,15H2,1-2H3/t23-,24-/m0/s1. The van der Waals surface area contributed by atoms with Gasteiger partial charge in [-0.25, -0.2) is 0 Å². The van der Waals surface area contributed by atoms with Crippen LogP contribution in [0.5, 0.6) is 0 Å². The van der Waals surface area contributed by atoms with E-state index in [1.165, 1.54) is 5.56 Å². The van der Waals surface area contributed by atoms with E-state index in [-0.39, 0.29) is 11.9 Å². The molecule has 1 aliphatic carbocycles. The van der Waals surface area contributed by atoms with E-state index in [2.05, 4.69) is 35.2 Å². The molecule has 0 spiro atoms.